The van der Waals surface area contributed by atoms with Gasteiger partial charge in [0.15, 0.2) is 5.82 Å². The van der Waals surface area contributed by atoms with Crippen molar-refractivity contribution in [3.8, 4) is 22.9 Å². The van der Waals surface area contributed by atoms with Crippen LogP contribution in [0.1, 0.15) is 23.2 Å². The van der Waals surface area contributed by atoms with Crippen LogP contribution in [0.3, 0.4) is 0 Å². The molecule has 9 nitrogen and oxygen atoms in total. The van der Waals surface area contributed by atoms with Gasteiger partial charge in [-0.05, 0) is 36.8 Å². The SMILES string of the molecule is COc1ccc(-c2nc(NC(=O)c3cccc(N4CCCC4=O)c3)n[nH]2)c(OC)c1. The summed E-state index contributed by atoms with van der Waals surface area (Å²) in [5.41, 5.74) is 1.81. The maximum absolute atomic E-state index is 12.7. The molecule has 0 spiro atoms. The number of rotatable bonds is 6. The Labute approximate surface area is 173 Å². The minimum atomic E-state index is -0.365. The van der Waals surface area contributed by atoms with Crippen molar-refractivity contribution in [2.45, 2.75) is 12.8 Å². The number of hydrogen-bond donors (Lipinski definition) is 2. The average molecular weight is 407 g/mol. The van der Waals surface area contributed by atoms with Crippen LogP contribution < -0.4 is 19.7 Å². The van der Waals surface area contributed by atoms with Crippen molar-refractivity contribution in [3.63, 3.8) is 0 Å². The lowest BCUT2D eigenvalue weighted by atomic mass is 10.1. The van der Waals surface area contributed by atoms with Crippen LogP contribution in [0, 0.1) is 0 Å². The summed E-state index contributed by atoms with van der Waals surface area (Å²) in [5, 5.41) is 9.55. The zero-order valence-corrected chi connectivity index (χ0v) is 16.6. The second kappa shape index (κ2) is 8.24. The Balaban J connectivity index is 1.52. The van der Waals surface area contributed by atoms with Crippen LogP contribution in [0.25, 0.3) is 11.4 Å². The highest BCUT2D eigenvalue weighted by molar-refractivity contribution is 6.05. The number of aromatic amines is 1. The maximum Gasteiger partial charge on any atom is 0.258 e. The number of nitrogens with zero attached hydrogens (tertiary/aromatic N) is 3. The van der Waals surface area contributed by atoms with E-state index in [1.54, 1.807) is 55.5 Å². The number of hydrogen-bond acceptors (Lipinski definition) is 6. The molecule has 0 atom stereocenters. The molecular weight excluding hydrogens is 386 g/mol. The predicted molar refractivity (Wildman–Crippen MR) is 111 cm³/mol. The van der Waals surface area contributed by atoms with Crippen molar-refractivity contribution in [3.05, 3.63) is 48.0 Å². The zero-order chi connectivity index (χ0) is 21.1. The lowest BCUT2D eigenvalue weighted by molar-refractivity contribution is -0.117. The van der Waals surface area contributed by atoms with Gasteiger partial charge in [-0.1, -0.05) is 6.07 Å². The minimum Gasteiger partial charge on any atom is -0.497 e. The molecule has 9 heteroatoms. The van der Waals surface area contributed by atoms with Crippen LogP contribution >= 0.6 is 0 Å². The van der Waals surface area contributed by atoms with Gasteiger partial charge in [0.05, 0.1) is 19.8 Å². The van der Waals surface area contributed by atoms with E-state index in [0.29, 0.717) is 47.1 Å². The average Bonchev–Trinajstić information content (AvgIpc) is 3.42. The first kappa shape index (κ1) is 19.4. The molecule has 1 saturated heterocycles. The number of methoxy groups -OCH3 is 2. The Morgan fingerprint density at radius 3 is 2.77 bits per heavy atom. The van der Waals surface area contributed by atoms with E-state index in [1.165, 1.54) is 0 Å². The third-order valence-corrected chi connectivity index (χ3v) is 4.87. The summed E-state index contributed by atoms with van der Waals surface area (Å²) in [5.74, 6) is 1.50. The largest absolute Gasteiger partial charge is 0.497 e. The molecule has 1 aliphatic heterocycles. The molecule has 0 radical (unpaired) electrons. The molecule has 0 saturated carbocycles. The Hall–Kier alpha value is -3.88. The molecule has 0 aliphatic carbocycles. The number of amides is 2. The second-order valence-corrected chi connectivity index (χ2v) is 6.73. The van der Waals surface area contributed by atoms with E-state index in [1.807, 2.05) is 6.07 Å². The van der Waals surface area contributed by atoms with Crippen molar-refractivity contribution in [2.75, 3.05) is 31.0 Å². The highest BCUT2D eigenvalue weighted by Gasteiger charge is 2.22. The number of aromatic nitrogens is 3. The summed E-state index contributed by atoms with van der Waals surface area (Å²) in [6, 6.07) is 12.3. The van der Waals surface area contributed by atoms with E-state index in [2.05, 4.69) is 20.5 Å². The first-order chi connectivity index (χ1) is 14.6. The normalized spacial score (nSPS) is 13.4. The van der Waals surface area contributed by atoms with Gasteiger partial charge < -0.3 is 14.4 Å². The molecule has 0 bridgehead atoms. The highest BCUT2D eigenvalue weighted by Crippen LogP contribution is 2.31. The van der Waals surface area contributed by atoms with Gasteiger partial charge in [-0.15, -0.1) is 5.10 Å². The van der Waals surface area contributed by atoms with E-state index in [9.17, 15) is 9.59 Å². The number of anilines is 2. The Morgan fingerprint density at radius 1 is 1.17 bits per heavy atom. The first-order valence-corrected chi connectivity index (χ1v) is 9.45. The summed E-state index contributed by atoms with van der Waals surface area (Å²) < 4.78 is 10.6. The van der Waals surface area contributed by atoms with E-state index in [4.69, 9.17) is 9.47 Å². The third kappa shape index (κ3) is 3.82. The second-order valence-electron chi connectivity index (χ2n) is 6.73. The number of nitrogens with one attached hydrogen (secondary N) is 2. The zero-order valence-electron chi connectivity index (χ0n) is 16.6. The summed E-state index contributed by atoms with van der Waals surface area (Å²) in [4.78, 5) is 30.7. The lowest BCUT2D eigenvalue weighted by Gasteiger charge is -2.16. The Morgan fingerprint density at radius 2 is 2.03 bits per heavy atom. The Kier molecular flexibility index (Phi) is 5.34. The molecule has 2 heterocycles. The smallest absolute Gasteiger partial charge is 0.258 e. The molecule has 3 aromatic rings. The van der Waals surface area contributed by atoms with Crippen LogP contribution in [0.4, 0.5) is 11.6 Å². The van der Waals surface area contributed by atoms with Crippen LogP contribution in [0.15, 0.2) is 42.5 Å². The summed E-state index contributed by atoms with van der Waals surface area (Å²) >= 11 is 0. The van der Waals surface area contributed by atoms with Gasteiger partial charge >= 0.3 is 0 Å². The fourth-order valence-corrected chi connectivity index (χ4v) is 3.34. The third-order valence-electron chi connectivity index (χ3n) is 4.87. The van der Waals surface area contributed by atoms with Gasteiger partial charge in [0.25, 0.3) is 5.91 Å². The quantitative estimate of drug-likeness (QED) is 0.650. The minimum absolute atomic E-state index is 0.0691. The highest BCUT2D eigenvalue weighted by atomic mass is 16.5. The lowest BCUT2D eigenvalue weighted by Crippen LogP contribution is -2.24. The molecule has 154 valence electrons. The van der Waals surface area contributed by atoms with Crippen molar-refractivity contribution in [1.29, 1.82) is 0 Å². The number of benzene rings is 2. The monoisotopic (exact) mass is 407 g/mol. The number of carbonyl (C=O) groups excluding carboxylic acids is 2. The molecule has 4 rings (SSSR count). The standard InChI is InChI=1S/C21H21N5O4/c1-29-15-8-9-16(17(12-15)30-2)19-22-21(25-24-19)23-20(28)13-5-3-6-14(11-13)26-10-4-7-18(26)27/h3,5-6,8-9,11-12H,4,7,10H2,1-2H3,(H2,22,23,24,25,28). The van der Waals surface area contributed by atoms with E-state index in [0.717, 1.165) is 6.42 Å². The molecular formula is C21H21N5O4. The summed E-state index contributed by atoms with van der Waals surface area (Å²) in [7, 11) is 3.13. The van der Waals surface area contributed by atoms with Crippen molar-refractivity contribution < 1.29 is 19.1 Å². The fourth-order valence-electron chi connectivity index (χ4n) is 3.34. The number of ether oxygens (including phenoxy) is 2. The van der Waals surface area contributed by atoms with Crippen LogP contribution in [0.5, 0.6) is 11.5 Å². The topological polar surface area (TPSA) is 109 Å². The summed E-state index contributed by atoms with van der Waals surface area (Å²) in [6.07, 6.45) is 1.36. The molecule has 1 aromatic heterocycles. The van der Waals surface area contributed by atoms with Crippen LogP contribution in [-0.2, 0) is 4.79 Å². The van der Waals surface area contributed by atoms with Gasteiger partial charge in [0, 0.05) is 30.3 Å². The van der Waals surface area contributed by atoms with Gasteiger partial charge in [0.2, 0.25) is 11.9 Å². The Bertz CT molecular complexity index is 1090. The van der Waals surface area contributed by atoms with Crippen LogP contribution in [-0.4, -0.2) is 47.8 Å². The fraction of sp³-hybridized carbons (Fsp3) is 0.238. The van der Waals surface area contributed by atoms with Crippen molar-refractivity contribution >= 4 is 23.5 Å². The molecule has 30 heavy (non-hydrogen) atoms. The van der Waals surface area contributed by atoms with Gasteiger partial charge in [-0.25, -0.2) is 0 Å². The number of H-pyrrole nitrogens is 1. The van der Waals surface area contributed by atoms with Crippen molar-refractivity contribution in [1.82, 2.24) is 15.2 Å². The molecule has 2 N–H and O–H groups in total. The van der Waals surface area contributed by atoms with E-state index >= 15 is 0 Å². The van der Waals surface area contributed by atoms with Gasteiger partial charge in [-0.2, -0.15) is 4.98 Å². The first-order valence-electron chi connectivity index (χ1n) is 9.45. The number of carbonyl (C=O) groups is 2. The predicted octanol–water partition coefficient (Wildman–Crippen LogP) is 2.87. The van der Waals surface area contributed by atoms with E-state index in [-0.39, 0.29) is 17.8 Å². The van der Waals surface area contributed by atoms with Crippen LogP contribution in [0.2, 0.25) is 0 Å². The van der Waals surface area contributed by atoms with Gasteiger partial charge in [-0.3, -0.25) is 20.0 Å². The molecule has 0 unspecified atom stereocenters. The molecule has 1 aliphatic rings. The van der Waals surface area contributed by atoms with E-state index < -0.39 is 0 Å². The summed E-state index contributed by atoms with van der Waals surface area (Å²) in [6.45, 7) is 0.665. The maximum atomic E-state index is 12.7. The van der Waals surface area contributed by atoms with Gasteiger partial charge in [0.1, 0.15) is 11.5 Å². The molecule has 2 amide bonds. The molecule has 1 fully saturated rings. The van der Waals surface area contributed by atoms with Crippen molar-refractivity contribution in [2.24, 2.45) is 0 Å². The molecule has 2 aromatic carbocycles.